The summed E-state index contributed by atoms with van der Waals surface area (Å²) in [6.45, 7) is 1.81. The molecule has 0 fully saturated rings. The molecule has 6 nitrogen and oxygen atoms in total. The lowest BCUT2D eigenvalue weighted by Crippen LogP contribution is -2.34. The summed E-state index contributed by atoms with van der Waals surface area (Å²) >= 11 is 1.09. The fourth-order valence-electron chi connectivity index (χ4n) is 3.57. The number of rotatable bonds is 4. The third-order valence-corrected chi connectivity index (χ3v) is 6.81. The number of aromatic nitrogens is 1. The highest BCUT2D eigenvalue weighted by atomic mass is 32.2. The molecule has 1 N–H and O–H groups in total. The van der Waals surface area contributed by atoms with Crippen LogP contribution in [0.3, 0.4) is 0 Å². The van der Waals surface area contributed by atoms with Crippen molar-refractivity contribution < 1.29 is 22.0 Å². The predicted molar refractivity (Wildman–Crippen MR) is 112 cm³/mol. The van der Waals surface area contributed by atoms with Crippen LogP contribution < -0.4 is 9.62 Å². The van der Waals surface area contributed by atoms with E-state index in [1.807, 2.05) is 6.92 Å². The van der Waals surface area contributed by atoms with Crippen molar-refractivity contribution in [1.82, 2.24) is 4.98 Å². The van der Waals surface area contributed by atoms with E-state index in [0.717, 1.165) is 41.4 Å². The van der Waals surface area contributed by atoms with Gasteiger partial charge in [-0.15, -0.1) is 11.3 Å². The summed E-state index contributed by atoms with van der Waals surface area (Å²) < 4.78 is 52.7. The monoisotopic (exact) mass is 449 g/mol. The summed E-state index contributed by atoms with van der Waals surface area (Å²) in [6, 6.07) is 7.69. The van der Waals surface area contributed by atoms with Crippen molar-refractivity contribution in [3.63, 3.8) is 0 Å². The third-order valence-electron chi connectivity index (χ3n) is 4.78. The van der Waals surface area contributed by atoms with Crippen LogP contribution in [-0.2, 0) is 16.4 Å². The molecule has 0 bridgehead atoms. The topological polar surface area (TPSA) is 79.4 Å². The smallest absolute Gasteiger partial charge is 0.257 e. The minimum atomic E-state index is -3.41. The van der Waals surface area contributed by atoms with E-state index < -0.39 is 27.6 Å². The van der Waals surface area contributed by atoms with Crippen molar-refractivity contribution in [2.24, 2.45) is 0 Å². The van der Waals surface area contributed by atoms with Crippen LogP contribution in [0.1, 0.15) is 22.8 Å². The molecule has 1 aromatic heterocycles. The maximum Gasteiger partial charge on any atom is 0.257 e. The summed E-state index contributed by atoms with van der Waals surface area (Å²) in [7, 11) is -3.41. The zero-order chi connectivity index (χ0) is 21.6. The number of halogens is 2. The van der Waals surface area contributed by atoms with Gasteiger partial charge in [-0.1, -0.05) is 0 Å². The van der Waals surface area contributed by atoms with Crippen LogP contribution in [0.15, 0.2) is 41.8 Å². The molecule has 0 spiro atoms. The lowest BCUT2D eigenvalue weighted by atomic mass is 10.1. The molecule has 0 aliphatic carbocycles. The van der Waals surface area contributed by atoms with Gasteiger partial charge in [0.15, 0.2) is 5.13 Å². The van der Waals surface area contributed by atoms with Gasteiger partial charge in [0.25, 0.3) is 5.91 Å². The molecule has 0 saturated heterocycles. The van der Waals surface area contributed by atoms with Gasteiger partial charge >= 0.3 is 0 Å². The number of nitrogens with one attached hydrogen (secondary N) is 1. The molecule has 1 atom stereocenters. The quantitative estimate of drug-likeness (QED) is 0.652. The number of sulfonamides is 1. The average Bonchev–Trinajstić information content (AvgIpc) is 3.25. The molecule has 3 aromatic rings. The maximum atomic E-state index is 13.9. The van der Waals surface area contributed by atoms with Crippen molar-refractivity contribution >= 4 is 38.1 Å². The second kappa shape index (κ2) is 7.44. The fourth-order valence-corrected chi connectivity index (χ4v) is 5.54. The first-order chi connectivity index (χ1) is 14.1. The second-order valence-corrected chi connectivity index (χ2v) is 9.79. The van der Waals surface area contributed by atoms with E-state index in [1.54, 1.807) is 18.2 Å². The van der Waals surface area contributed by atoms with Gasteiger partial charge < -0.3 is 0 Å². The van der Waals surface area contributed by atoms with Crippen molar-refractivity contribution in [2.75, 3.05) is 15.9 Å². The zero-order valence-corrected chi connectivity index (χ0v) is 17.7. The van der Waals surface area contributed by atoms with E-state index in [0.29, 0.717) is 17.7 Å². The van der Waals surface area contributed by atoms with Crippen LogP contribution in [0, 0.1) is 11.6 Å². The predicted octanol–water partition coefficient (Wildman–Crippen LogP) is 4.05. The Morgan fingerprint density at radius 3 is 2.73 bits per heavy atom. The number of carbonyl (C=O) groups excluding carboxylic acids is 1. The van der Waals surface area contributed by atoms with Gasteiger partial charge in [-0.2, -0.15) is 0 Å². The molecule has 0 radical (unpaired) electrons. The Balaban J connectivity index is 1.55. The minimum absolute atomic E-state index is 0.0131. The standard InChI is InChI=1S/C20H17F2N3O3S2/c1-11-7-13-8-12(3-6-18(13)25(11)30(2,27)28)19(26)24-20-23-17(10-29-20)15-9-14(21)4-5-16(15)22/h3-6,8-11H,7H2,1-2H3,(H,23,24,26)/t11-/m0/s1. The lowest BCUT2D eigenvalue weighted by Gasteiger charge is -2.21. The van der Waals surface area contributed by atoms with E-state index in [9.17, 15) is 22.0 Å². The van der Waals surface area contributed by atoms with E-state index in [2.05, 4.69) is 10.3 Å². The molecule has 2 heterocycles. The van der Waals surface area contributed by atoms with E-state index in [4.69, 9.17) is 0 Å². The van der Waals surface area contributed by atoms with Crippen LogP contribution in [0.5, 0.6) is 0 Å². The number of fused-ring (bicyclic) bond motifs is 1. The fraction of sp³-hybridized carbons (Fsp3) is 0.200. The number of carbonyl (C=O) groups is 1. The van der Waals surface area contributed by atoms with Gasteiger partial charge in [0.2, 0.25) is 10.0 Å². The van der Waals surface area contributed by atoms with E-state index in [-0.39, 0.29) is 22.4 Å². The SMILES string of the molecule is C[C@H]1Cc2cc(C(=O)Nc3nc(-c4cc(F)ccc4F)cs3)ccc2N1S(C)(=O)=O. The van der Waals surface area contributed by atoms with Gasteiger partial charge in [-0.3, -0.25) is 14.4 Å². The number of benzene rings is 2. The maximum absolute atomic E-state index is 13.9. The summed E-state index contributed by atoms with van der Waals surface area (Å²) in [5, 5.41) is 4.42. The van der Waals surface area contributed by atoms with Gasteiger partial charge in [-0.25, -0.2) is 22.2 Å². The van der Waals surface area contributed by atoms with Gasteiger partial charge in [0.05, 0.1) is 17.6 Å². The summed E-state index contributed by atoms with van der Waals surface area (Å²) in [5.74, 6) is -1.62. The first kappa shape index (κ1) is 20.4. The molecule has 4 rings (SSSR count). The molecule has 1 aliphatic heterocycles. The molecule has 156 valence electrons. The Kier molecular flexibility index (Phi) is 5.07. The molecule has 0 saturated carbocycles. The molecular weight excluding hydrogens is 432 g/mol. The Morgan fingerprint density at radius 2 is 2.00 bits per heavy atom. The molecule has 10 heteroatoms. The van der Waals surface area contributed by atoms with E-state index >= 15 is 0 Å². The highest BCUT2D eigenvalue weighted by Crippen LogP contribution is 2.35. The average molecular weight is 450 g/mol. The summed E-state index contributed by atoms with van der Waals surface area (Å²) in [5.41, 5.74) is 1.92. The van der Waals surface area contributed by atoms with Gasteiger partial charge in [0, 0.05) is 22.5 Å². The molecular formula is C20H17F2N3O3S2. The largest absolute Gasteiger partial charge is 0.298 e. The first-order valence-corrected chi connectivity index (χ1v) is 11.7. The summed E-state index contributed by atoms with van der Waals surface area (Å²) in [6.07, 6.45) is 1.66. The second-order valence-electron chi connectivity index (χ2n) is 7.07. The van der Waals surface area contributed by atoms with Crippen LogP contribution in [0.25, 0.3) is 11.3 Å². The summed E-state index contributed by atoms with van der Waals surface area (Å²) in [4.78, 5) is 16.8. The van der Waals surface area contributed by atoms with Crippen molar-refractivity contribution in [2.45, 2.75) is 19.4 Å². The molecule has 1 amide bonds. The Morgan fingerprint density at radius 1 is 1.23 bits per heavy atom. The Bertz CT molecular complexity index is 1260. The Labute approximate surface area is 176 Å². The molecule has 30 heavy (non-hydrogen) atoms. The zero-order valence-electron chi connectivity index (χ0n) is 16.0. The number of nitrogens with zero attached hydrogens (tertiary/aromatic N) is 2. The van der Waals surface area contributed by atoms with Gasteiger partial charge in [0.1, 0.15) is 11.6 Å². The Hall–Kier alpha value is -2.85. The first-order valence-electron chi connectivity index (χ1n) is 8.98. The highest BCUT2D eigenvalue weighted by molar-refractivity contribution is 7.92. The highest BCUT2D eigenvalue weighted by Gasteiger charge is 2.32. The minimum Gasteiger partial charge on any atom is -0.298 e. The van der Waals surface area contributed by atoms with E-state index in [1.165, 1.54) is 9.69 Å². The van der Waals surface area contributed by atoms with Gasteiger partial charge in [-0.05, 0) is 55.3 Å². The third kappa shape index (κ3) is 3.80. The number of thiazole rings is 1. The molecule has 2 aromatic carbocycles. The van der Waals surface area contributed by atoms with Crippen LogP contribution in [-0.4, -0.2) is 31.6 Å². The van der Waals surface area contributed by atoms with Crippen molar-refractivity contribution in [1.29, 1.82) is 0 Å². The number of hydrogen-bond donors (Lipinski definition) is 1. The normalized spacial score (nSPS) is 15.9. The van der Waals surface area contributed by atoms with Crippen molar-refractivity contribution in [3.05, 3.63) is 64.5 Å². The number of anilines is 2. The molecule has 0 unspecified atom stereocenters. The number of hydrogen-bond acceptors (Lipinski definition) is 5. The van der Waals surface area contributed by atoms with Crippen LogP contribution in [0.2, 0.25) is 0 Å². The van der Waals surface area contributed by atoms with Crippen LogP contribution >= 0.6 is 11.3 Å². The molecule has 1 aliphatic rings. The van der Waals surface area contributed by atoms with Crippen molar-refractivity contribution in [3.8, 4) is 11.3 Å². The van der Waals surface area contributed by atoms with Crippen LogP contribution in [0.4, 0.5) is 19.6 Å². The lowest BCUT2D eigenvalue weighted by molar-refractivity contribution is 0.102. The number of amides is 1.